The lowest BCUT2D eigenvalue weighted by atomic mass is 10.0. The van der Waals surface area contributed by atoms with E-state index >= 15 is 0 Å². The van der Waals surface area contributed by atoms with Gasteiger partial charge in [-0.05, 0) is 0 Å². The summed E-state index contributed by atoms with van der Waals surface area (Å²) in [5.41, 5.74) is 0. The van der Waals surface area contributed by atoms with Gasteiger partial charge in [-0.25, -0.2) is 0 Å². The summed E-state index contributed by atoms with van der Waals surface area (Å²) >= 11 is 0. The van der Waals surface area contributed by atoms with Crippen LogP contribution in [0.5, 0.6) is 0 Å². The van der Waals surface area contributed by atoms with Crippen molar-refractivity contribution < 1.29 is 0 Å². The largest absolute Gasteiger partial charge is 0.0683 e. The molecule has 0 amide bonds. The highest BCUT2D eigenvalue weighted by atomic mass is 14.1. The van der Waals surface area contributed by atoms with Crippen LogP contribution in [0.2, 0.25) is 0 Å². The van der Waals surface area contributed by atoms with Gasteiger partial charge in [-0.2, -0.15) is 0 Å². The highest BCUT2D eigenvalue weighted by Gasteiger charge is 2.01. The summed E-state index contributed by atoms with van der Waals surface area (Å²) in [7, 11) is 0. The van der Waals surface area contributed by atoms with Crippen LogP contribution < -0.4 is 0 Å². The lowest BCUT2D eigenvalue weighted by molar-refractivity contribution is 0.504. The zero-order valence-electron chi connectivity index (χ0n) is 65.5. The fraction of sp³-hybridized carbons (Fsp3) is 1.00. The third-order valence-electron chi connectivity index (χ3n) is 16.7. The van der Waals surface area contributed by atoms with Crippen molar-refractivity contribution >= 4 is 0 Å². The second-order valence-corrected chi connectivity index (χ2v) is 24.7. The summed E-state index contributed by atoms with van der Waals surface area (Å²) in [5, 5.41) is 0. The molecule has 18 fully saturated rings. The first-order valence-corrected chi connectivity index (χ1v) is 43.0. The van der Waals surface area contributed by atoms with Gasteiger partial charge >= 0.3 is 0 Å². The van der Waals surface area contributed by atoms with Crippen molar-refractivity contribution in [2.75, 3.05) is 0 Å². The molecule has 0 heteroatoms. The second kappa shape index (κ2) is 122. The van der Waals surface area contributed by atoms with Crippen molar-refractivity contribution in [1.29, 1.82) is 0 Å². The first-order valence-electron chi connectivity index (χ1n) is 43.0. The average molecular weight is 1220 g/mol. The van der Waals surface area contributed by atoms with E-state index in [4.69, 9.17) is 0 Å². The minimum atomic E-state index is 1.50. The van der Waals surface area contributed by atoms with Gasteiger partial charge < -0.3 is 0 Å². The van der Waals surface area contributed by atoms with Crippen LogP contribution in [0.1, 0.15) is 560 Å². The van der Waals surface area contributed by atoms with Gasteiger partial charge in [-0.1, -0.05) is 560 Å². The van der Waals surface area contributed by atoms with Crippen molar-refractivity contribution in [2.24, 2.45) is 0 Å². The summed E-state index contributed by atoms with van der Waals surface area (Å²) in [6.07, 6.45) is 105. The van der Waals surface area contributed by atoms with E-state index in [2.05, 4.69) is 0 Å². The molecule has 18 aliphatic rings. The third-order valence-corrected chi connectivity index (χ3v) is 16.7. The van der Waals surface area contributed by atoms with Crippen LogP contribution in [0, 0.1) is 0 Å². The molecule has 532 valence electrons. The molecule has 0 aromatic rings. The number of hydrogen-bond donors (Lipinski definition) is 0. The molecule has 0 radical (unpaired) electrons. The van der Waals surface area contributed by atoms with E-state index in [-0.39, 0.29) is 0 Å². The molecule has 0 unspecified atom stereocenters. The van der Waals surface area contributed by atoms with Gasteiger partial charge in [0, 0.05) is 0 Å². The van der Waals surface area contributed by atoms with Gasteiger partial charge in [0.2, 0.25) is 0 Å². The van der Waals surface area contributed by atoms with E-state index in [1.54, 1.807) is 0 Å². The van der Waals surface area contributed by atoms with Gasteiger partial charge in [0.1, 0.15) is 0 Å². The molecule has 0 aliphatic heterocycles. The lowest BCUT2D eigenvalue weighted by Crippen LogP contribution is -1.85. The van der Waals surface area contributed by atoms with Gasteiger partial charge in [0.25, 0.3) is 0 Å². The molecule has 0 saturated heterocycles. The van der Waals surface area contributed by atoms with E-state index in [1.807, 2.05) is 111 Å². The Labute approximate surface area is 557 Å². The Kier molecular flexibility index (Phi) is 145. The molecule has 0 bridgehead atoms. The van der Waals surface area contributed by atoms with Gasteiger partial charge in [-0.15, -0.1) is 0 Å². The first-order chi connectivity index (χ1) is 43.0. The minimum Gasteiger partial charge on any atom is -0.0683 e. The van der Waals surface area contributed by atoms with Gasteiger partial charge in [0.15, 0.2) is 0 Å². The van der Waals surface area contributed by atoms with Crippen molar-refractivity contribution in [3.63, 3.8) is 0 Å². The SMILES string of the molecule is C1CC1.C1CC1.C1CCC1.C1CCC1.C1CCC1.C1CCC1.C1CCC1.C1CCC1.C1CCC1.C1CCC1.C1CCC1.C1CCC1.C1CCC1.C1CCC1.C1CCC1.C1CCC1.C1CCC1.C1CCC1.CC.CC.CC.CC.CC.CC.CC.CC. The Morgan fingerprint density at radius 2 is 0.0581 bits per heavy atom. The zero-order chi connectivity index (χ0) is 65.5. The molecule has 0 atom stereocenters. The van der Waals surface area contributed by atoms with Crippen molar-refractivity contribution in [2.45, 2.75) is 560 Å². The number of rotatable bonds is 0. The summed E-state index contributed by atoms with van der Waals surface area (Å²) in [6.45, 7) is 32.0. The Balaban J connectivity index is -0.000000123. The molecule has 18 rings (SSSR count). The van der Waals surface area contributed by atoms with E-state index in [0.29, 0.717) is 0 Å². The van der Waals surface area contributed by atoms with Crippen molar-refractivity contribution in [3.05, 3.63) is 0 Å². The van der Waals surface area contributed by atoms with Crippen molar-refractivity contribution in [3.8, 4) is 0 Å². The summed E-state index contributed by atoms with van der Waals surface area (Å²) in [5.74, 6) is 0. The third kappa shape index (κ3) is 133. The Hall–Kier alpha value is 0. The van der Waals surface area contributed by atoms with Crippen LogP contribution >= 0.6 is 0 Å². The highest BCUT2D eigenvalue weighted by Crippen LogP contribution is 2.21. The zero-order valence-corrected chi connectivity index (χ0v) is 65.5. The quantitative estimate of drug-likeness (QED) is 0.227. The molecule has 0 N–H and O–H groups in total. The summed E-state index contributed by atoms with van der Waals surface area (Å²) < 4.78 is 0. The summed E-state index contributed by atoms with van der Waals surface area (Å²) in [6, 6.07) is 0. The van der Waals surface area contributed by atoms with Crippen LogP contribution in [0.25, 0.3) is 0 Å². The molecule has 18 aliphatic carbocycles. The standard InChI is InChI=1S/16C4H8.2C3H6.8C2H6/c16*1-2-4-3-1;2*1-2-3-1;8*1-2/h16*1-4H2;2*1-3H2;8*1-2H3. The number of hydrogen-bond acceptors (Lipinski definition) is 0. The Morgan fingerprint density at radius 3 is 0.0581 bits per heavy atom. The molecule has 0 nitrogen and oxygen atoms in total. The Morgan fingerprint density at radius 1 is 0.0465 bits per heavy atom. The predicted molar refractivity (Wildman–Crippen MR) is 414 cm³/mol. The molecule has 0 aromatic carbocycles. The van der Waals surface area contributed by atoms with Crippen molar-refractivity contribution in [1.82, 2.24) is 0 Å². The highest BCUT2D eigenvalue weighted by molar-refractivity contribution is 4.57. The minimum absolute atomic E-state index is 1.50. The maximum Gasteiger partial charge on any atom is -0.0533 e. The average Bonchev–Trinajstić information content (AvgIpc) is 4.13. The van der Waals surface area contributed by atoms with Crippen LogP contribution in [0.3, 0.4) is 0 Å². The van der Waals surface area contributed by atoms with E-state index in [1.165, 1.54) is 449 Å². The summed E-state index contributed by atoms with van der Waals surface area (Å²) in [4.78, 5) is 0. The van der Waals surface area contributed by atoms with Crippen LogP contribution in [-0.4, -0.2) is 0 Å². The monoisotopic (exact) mass is 1220 g/mol. The molecule has 18 saturated carbocycles. The molecule has 0 aromatic heterocycles. The van der Waals surface area contributed by atoms with Crippen LogP contribution in [0.4, 0.5) is 0 Å². The topological polar surface area (TPSA) is 0 Å². The van der Waals surface area contributed by atoms with E-state index in [9.17, 15) is 0 Å². The van der Waals surface area contributed by atoms with Gasteiger partial charge in [-0.3, -0.25) is 0 Å². The lowest BCUT2D eigenvalue weighted by Gasteiger charge is -2.05. The maximum absolute atomic E-state index is 2.00. The first kappa shape index (κ1) is 102. The smallest absolute Gasteiger partial charge is 0.0533 e. The van der Waals surface area contributed by atoms with E-state index in [0.717, 1.165) is 0 Å². The predicted octanol–water partition coefficient (Wildman–Crippen LogP) is 35.5. The molecule has 0 heterocycles. The van der Waals surface area contributed by atoms with Gasteiger partial charge in [0.05, 0.1) is 0 Å². The second-order valence-electron chi connectivity index (χ2n) is 24.7. The van der Waals surface area contributed by atoms with Crippen LogP contribution in [-0.2, 0) is 0 Å². The molecular weight excluding hydrogens is 1030 g/mol. The molecular formula is C86H188. The fourth-order valence-electron chi connectivity index (χ4n) is 4.00. The van der Waals surface area contributed by atoms with E-state index < -0.39 is 0 Å². The van der Waals surface area contributed by atoms with Crippen LogP contribution in [0.15, 0.2) is 0 Å². The normalized spacial score (nSPS) is 20.1. The maximum atomic E-state index is 2.00. The molecule has 86 heavy (non-hydrogen) atoms. The Bertz CT molecular complexity index is 459. The molecule has 0 spiro atoms. The fourth-order valence-corrected chi connectivity index (χ4v) is 4.00.